The molecular formula is C12H11N3O2. The Labute approximate surface area is 97.4 Å². The summed E-state index contributed by atoms with van der Waals surface area (Å²) in [6, 6.07) is 5.19. The van der Waals surface area contributed by atoms with Crippen molar-refractivity contribution in [3.63, 3.8) is 0 Å². The highest BCUT2D eigenvalue weighted by Gasteiger charge is 2.11. The van der Waals surface area contributed by atoms with Crippen molar-refractivity contribution >= 4 is 11.6 Å². The summed E-state index contributed by atoms with van der Waals surface area (Å²) in [7, 11) is 0. The molecule has 2 aromatic heterocycles. The molecule has 0 radical (unpaired) electrons. The van der Waals surface area contributed by atoms with Crippen LogP contribution in [0.4, 0.5) is 0 Å². The van der Waals surface area contributed by atoms with Gasteiger partial charge in [-0.05, 0) is 12.1 Å². The second kappa shape index (κ2) is 4.61. The van der Waals surface area contributed by atoms with Crippen molar-refractivity contribution in [1.82, 2.24) is 14.7 Å². The van der Waals surface area contributed by atoms with Gasteiger partial charge in [0, 0.05) is 18.9 Å². The number of nitrogens with one attached hydrogen (secondary N) is 1. The first kappa shape index (κ1) is 11.1. The van der Waals surface area contributed by atoms with Crippen LogP contribution in [-0.4, -0.2) is 21.8 Å². The molecule has 0 aliphatic carbocycles. The number of nitrogens with zero attached hydrogens (tertiary/aromatic N) is 2. The molecule has 0 saturated heterocycles. The number of hydrogen-bond donors (Lipinski definition) is 1. The van der Waals surface area contributed by atoms with E-state index in [2.05, 4.69) is 16.9 Å². The Morgan fingerprint density at radius 2 is 2.35 bits per heavy atom. The summed E-state index contributed by atoms with van der Waals surface area (Å²) in [6.45, 7) is 3.80. The van der Waals surface area contributed by atoms with Crippen LogP contribution in [-0.2, 0) is 0 Å². The number of rotatable bonds is 3. The fraction of sp³-hybridized carbons (Fsp3) is 0.0833. The molecule has 0 fully saturated rings. The Morgan fingerprint density at radius 1 is 1.53 bits per heavy atom. The van der Waals surface area contributed by atoms with Crippen LogP contribution in [0.5, 0.6) is 0 Å². The summed E-state index contributed by atoms with van der Waals surface area (Å²) in [6.07, 6.45) is 4.41. The van der Waals surface area contributed by atoms with Gasteiger partial charge >= 0.3 is 0 Å². The Hall–Kier alpha value is -2.43. The summed E-state index contributed by atoms with van der Waals surface area (Å²) in [5.41, 5.74) is 0.158. The third-order valence-corrected chi connectivity index (χ3v) is 2.27. The second-order valence-corrected chi connectivity index (χ2v) is 3.40. The molecule has 0 aromatic carbocycles. The molecule has 0 aliphatic rings. The summed E-state index contributed by atoms with van der Waals surface area (Å²) in [5.74, 6) is -0.444. The third-order valence-electron chi connectivity index (χ3n) is 2.27. The molecule has 0 atom stereocenters. The molecule has 2 rings (SSSR count). The van der Waals surface area contributed by atoms with Gasteiger partial charge in [0.2, 0.25) is 0 Å². The SMILES string of the molecule is C=CCNC(=O)c1cnc2ccccn2c1=O. The van der Waals surface area contributed by atoms with Crippen LogP contribution in [0.2, 0.25) is 0 Å². The summed E-state index contributed by atoms with van der Waals surface area (Å²) < 4.78 is 1.34. The Morgan fingerprint density at radius 3 is 3.12 bits per heavy atom. The first-order valence-corrected chi connectivity index (χ1v) is 5.09. The van der Waals surface area contributed by atoms with Crippen molar-refractivity contribution in [2.45, 2.75) is 0 Å². The quantitative estimate of drug-likeness (QED) is 0.784. The molecule has 5 heteroatoms. The lowest BCUT2D eigenvalue weighted by molar-refractivity contribution is 0.0956. The number of carbonyl (C=O) groups excluding carboxylic acids is 1. The van der Waals surface area contributed by atoms with E-state index < -0.39 is 5.91 Å². The van der Waals surface area contributed by atoms with Crippen LogP contribution in [0.25, 0.3) is 5.65 Å². The zero-order valence-corrected chi connectivity index (χ0v) is 9.09. The summed E-state index contributed by atoms with van der Waals surface area (Å²) >= 11 is 0. The minimum absolute atomic E-state index is 0.0237. The van der Waals surface area contributed by atoms with Crippen LogP contribution < -0.4 is 10.9 Å². The van der Waals surface area contributed by atoms with E-state index in [0.717, 1.165) is 0 Å². The van der Waals surface area contributed by atoms with Gasteiger partial charge in [0.25, 0.3) is 11.5 Å². The summed E-state index contributed by atoms with van der Waals surface area (Å²) in [4.78, 5) is 27.7. The van der Waals surface area contributed by atoms with Gasteiger partial charge in [0.05, 0.1) is 0 Å². The first-order chi connectivity index (χ1) is 8.24. The zero-order valence-electron chi connectivity index (χ0n) is 9.09. The Kier molecular flexibility index (Phi) is 3.00. The average Bonchev–Trinajstić information content (AvgIpc) is 2.37. The van der Waals surface area contributed by atoms with Gasteiger partial charge in [-0.1, -0.05) is 12.1 Å². The maximum absolute atomic E-state index is 12.0. The monoisotopic (exact) mass is 229 g/mol. The lowest BCUT2D eigenvalue weighted by Crippen LogP contribution is -2.31. The zero-order chi connectivity index (χ0) is 12.3. The van der Waals surface area contributed by atoms with Gasteiger partial charge in [0.15, 0.2) is 0 Å². The number of amides is 1. The molecule has 0 unspecified atom stereocenters. The predicted octanol–water partition coefficient (Wildman–Crippen LogP) is 0.610. The molecule has 0 bridgehead atoms. The van der Waals surface area contributed by atoms with Crippen LogP contribution in [0.1, 0.15) is 10.4 Å². The Balaban J connectivity index is 2.49. The number of fused-ring (bicyclic) bond motifs is 1. The van der Waals surface area contributed by atoms with Crippen molar-refractivity contribution in [1.29, 1.82) is 0 Å². The lowest BCUT2D eigenvalue weighted by atomic mass is 10.3. The predicted molar refractivity (Wildman–Crippen MR) is 64.0 cm³/mol. The van der Waals surface area contributed by atoms with E-state index in [9.17, 15) is 9.59 Å². The number of aromatic nitrogens is 2. The van der Waals surface area contributed by atoms with Crippen LogP contribution >= 0.6 is 0 Å². The average molecular weight is 229 g/mol. The molecule has 86 valence electrons. The van der Waals surface area contributed by atoms with Gasteiger partial charge < -0.3 is 5.32 Å². The van der Waals surface area contributed by atoms with Crippen LogP contribution in [0, 0.1) is 0 Å². The van der Waals surface area contributed by atoms with Gasteiger partial charge in [-0.3, -0.25) is 14.0 Å². The molecule has 0 aliphatic heterocycles. The highest BCUT2D eigenvalue weighted by atomic mass is 16.2. The molecule has 1 amide bonds. The number of pyridine rings is 1. The van der Waals surface area contributed by atoms with Gasteiger partial charge in [-0.25, -0.2) is 4.98 Å². The lowest BCUT2D eigenvalue weighted by Gasteiger charge is -2.03. The number of hydrogen-bond acceptors (Lipinski definition) is 3. The van der Waals surface area contributed by atoms with E-state index in [1.807, 2.05) is 0 Å². The highest BCUT2D eigenvalue weighted by Crippen LogP contribution is 1.97. The maximum atomic E-state index is 12.0. The van der Waals surface area contributed by atoms with Crippen molar-refractivity contribution in [2.24, 2.45) is 0 Å². The largest absolute Gasteiger partial charge is 0.348 e. The van der Waals surface area contributed by atoms with Crippen LogP contribution in [0.15, 0.2) is 48.0 Å². The molecule has 2 aromatic rings. The molecule has 2 heterocycles. The topological polar surface area (TPSA) is 63.5 Å². The molecule has 0 spiro atoms. The third kappa shape index (κ3) is 2.08. The molecule has 17 heavy (non-hydrogen) atoms. The van der Waals surface area contributed by atoms with E-state index >= 15 is 0 Å². The minimum Gasteiger partial charge on any atom is -0.348 e. The minimum atomic E-state index is -0.444. The fourth-order valence-corrected chi connectivity index (χ4v) is 1.44. The number of carbonyl (C=O) groups is 1. The fourth-order valence-electron chi connectivity index (χ4n) is 1.44. The molecule has 1 N–H and O–H groups in total. The van der Waals surface area contributed by atoms with Crippen molar-refractivity contribution in [3.8, 4) is 0 Å². The van der Waals surface area contributed by atoms with Crippen molar-refractivity contribution < 1.29 is 4.79 Å². The Bertz CT molecular complexity index is 631. The van der Waals surface area contributed by atoms with Gasteiger partial charge in [0.1, 0.15) is 11.2 Å². The van der Waals surface area contributed by atoms with Crippen molar-refractivity contribution in [3.05, 3.63) is 59.2 Å². The van der Waals surface area contributed by atoms with E-state index in [4.69, 9.17) is 0 Å². The standard InChI is InChI=1S/C12H11N3O2/c1-2-6-13-11(16)9-8-14-10-5-3-4-7-15(10)12(9)17/h2-5,7-8H,1,6H2,(H,13,16). The molecule has 0 saturated carbocycles. The van der Waals surface area contributed by atoms with E-state index in [1.54, 1.807) is 30.5 Å². The van der Waals surface area contributed by atoms with E-state index in [0.29, 0.717) is 12.2 Å². The van der Waals surface area contributed by atoms with Gasteiger partial charge in [-0.2, -0.15) is 0 Å². The second-order valence-electron chi connectivity index (χ2n) is 3.40. The van der Waals surface area contributed by atoms with Crippen LogP contribution in [0.3, 0.4) is 0 Å². The molecule has 5 nitrogen and oxygen atoms in total. The van der Waals surface area contributed by atoms with E-state index in [-0.39, 0.29) is 11.1 Å². The highest BCUT2D eigenvalue weighted by molar-refractivity contribution is 5.93. The van der Waals surface area contributed by atoms with Gasteiger partial charge in [-0.15, -0.1) is 6.58 Å². The summed E-state index contributed by atoms with van der Waals surface area (Å²) in [5, 5.41) is 2.54. The smallest absolute Gasteiger partial charge is 0.270 e. The first-order valence-electron chi connectivity index (χ1n) is 5.09. The maximum Gasteiger partial charge on any atom is 0.270 e. The molecular weight excluding hydrogens is 218 g/mol. The van der Waals surface area contributed by atoms with Crippen molar-refractivity contribution in [2.75, 3.05) is 6.54 Å². The van der Waals surface area contributed by atoms with E-state index in [1.165, 1.54) is 10.6 Å². The normalized spacial score (nSPS) is 10.1.